The molecule has 3 aromatic heterocycles. The van der Waals surface area contributed by atoms with Gasteiger partial charge in [-0.2, -0.15) is 4.39 Å². The maximum atomic E-state index is 13.8. The first kappa shape index (κ1) is 20.1. The van der Waals surface area contributed by atoms with Crippen molar-refractivity contribution in [3.63, 3.8) is 0 Å². The van der Waals surface area contributed by atoms with Gasteiger partial charge in [0.15, 0.2) is 18.1 Å². The second-order valence-corrected chi connectivity index (χ2v) is 6.50. The Bertz CT molecular complexity index is 1180. The van der Waals surface area contributed by atoms with Crippen LogP contribution in [0.15, 0.2) is 24.4 Å². The normalized spacial score (nSPS) is 13.6. The predicted molar refractivity (Wildman–Crippen MR) is 101 cm³/mol. The molecule has 2 N–H and O–H groups in total. The third-order valence-electron chi connectivity index (χ3n) is 4.34. The van der Waals surface area contributed by atoms with Crippen LogP contribution in [0.5, 0.6) is 5.88 Å². The maximum absolute atomic E-state index is 13.8. The molecular formula is C18H15F2N7O4. The van der Waals surface area contributed by atoms with Crippen molar-refractivity contribution in [3.8, 4) is 17.3 Å². The highest BCUT2D eigenvalue weighted by atomic mass is 19.1. The predicted octanol–water partition coefficient (Wildman–Crippen LogP) is 2.19. The molecule has 31 heavy (non-hydrogen) atoms. The average molecular weight is 431 g/mol. The van der Waals surface area contributed by atoms with Crippen LogP contribution in [0.4, 0.5) is 25.1 Å². The molecule has 1 aliphatic heterocycles. The van der Waals surface area contributed by atoms with Crippen LogP contribution in [0.3, 0.4) is 0 Å². The van der Waals surface area contributed by atoms with Crippen molar-refractivity contribution < 1.29 is 27.8 Å². The van der Waals surface area contributed by atoms with E-state index in [0.29, 0.717) is 17.6 Å². The van der Waals surface area contributed by atoms with Gasteiger partial charge in [-0.25, -0.2) is 23.8 Å². The molecule has 11 nitrogen and oxygen atoms in total. The number of aryl methyl sites for hydroxylation is 1. The smallest absolute Gasteiger partial charge is 0.413 e. The first-order valence-electron chi connectivity index (χ1n) is 8.94. The standard InChI is InChI=1S/C18H15F2N7O4/c1-8(9-5-13(20)21-6-10(9)19)31-18(29)24-16-15(25-26-27(16)2)11-3-4-12-17(23-11)30-7-14(28)22-12/h3-6,8H,7H2,1-2H3,(H,22,28)(H,24,29). The molecule has 0 bridgehead atoms. The van der Waals surface area contributed by atoms with Gasteiger partial charge in [-0.05, 0) is 19.1 Å². The van der Waals surface area contributed by atoms with E-state index in [1.165, 1.54) is 18.7 Å². The van der Waals surface area contributed by atoms with Gasteiger partial charge < -0.3 is 14.8 Å². The summed E-state index contributed by atoms with van der Waals surface area (Å²) in [5.74, 6) is -1.67. The number of amides is 2. The number of fused-ring (bicyclic) bond motifs is 1. The Morgan fingerprint density at radius 1 is 1.39 bits per heavy atom. The van der Waals surface area contributed by atoms with Gasteiger partial charge in [-0.1, -0.05) is 5.21 Å². The van der Waals surface area contributed by atoms with Crippen LogP contribution in [0.1, 0.15) is 18.6 Å². The lowest BCUT2D eigenvalue weighted by atomic mass is 10.1. The van der Waals surface area contributed by atoms with Gasteiger partial charge in [0.25, 0.3) is 5.91 Å². The van der Waals surface area contributed by atoms with Crippen LogP contribution in [-0.4, -0.2) is 43.6 Å². The quantitative estimate of drug-likeness (QED) is 0.601. The van der Waals surface area contributed by atoms with Gasteiger partial charge in [-0.3, -0.25) is 10.1 Å². The highest BCUT2D eigenvalue weighted by molar-refractivity contribution is 5.95. The molecule has 0 saturated carbocycles. The number of nitrogens with one attached hydrogen (secondary N) is 2. The van der Waals surface area contributed by atoms with E-state index in [2.05, 4.69) is 30.9 Å². The number of aromatic nitrogens is 5. The summed E-state index contributed by atoms with van der Waals surface area (Å²) >= 11 is 0. The summed E-state index contributed by atoms with van der Waals surface area (Å²) in [5.41, 5.74) is 0.755. The fraction of sp³-hybridized carbons (Fsp3) is 0.222. The van der Waals surface area contributed by atoms with Crippen LogP contribution in [-0.2, 0) is 16.6 Å². The van der Waals surface area contributed by atoms with Crippen LogP contribution in [0.2, 0.25) is 0 Å². The molecule has 2 amide bonds. The molecule has 0 fully saturated rings. The number of ether oxygens (including phenoxy) is 2. The average Bonchev–Trinajstić information content (AvgIpc) is 3.09. The van der Waals surface area contributed by atoms with E-state index in [-0.39, 0.29) is 35.5 Å². The fourth-order valence-corrected chi connectivity index (χ4v) is 2.86. The van der Waals surface area contributed by atoms with Crippen molar-refractivity contribution in [3.05, 3.63) is 41.7 Å². The molecule has 1 atom stereocenters. The number of carbonyl (C=O) groups is 2. The van der Waals surface area contributed by atoms with Crippen molar-refractivity contribution >= 4 is 23.5 Å². The number of halogens is 2. The minimum absolute atomic E-state index is 0.144. The SMILES string of the molecule is CC(OC(=O)Nc1c(-c2ccc3c(n2)OCC(=O)N3)nnn1C)c1cc(F)ncc1F. The summed E-state index contributed by atoms with van der Waals surface area (Å²) in [5, 5.41) is 12.9. The summed E-state index contributed by atoms with van der Waals surface area (Å²) < 4.78 is 38.8. The van der Waals surface area contributed by atoms with Gasteiger partial charge >= 0.3 is 6.09 Å². The van der Waals surface area contributed by atoms with E-state index in [0.717, 1.165) is 6.07 Å². The third kappa shape index (κ3) is 4.10. The molecule has 13 heteroatoms. The van der Waals surface area contributed by atoms with E-state index in [1.54, 1.807) is 12.1 Å². The highest BCUT2D eigenvalue weighted by Crippen LogP contribution is 2.31. The molecule has 0 spiro atoms. The molecule has 3 aromatic rings. The summed E-state index contributed by atoms with van der Waals surface area (Å²) in [7, 11) is 1.53. The van der Waals surface area contributed by atoms with E-state index in [1.807, 2.05) is 0 Å². The fourth-order valence-electron chi connectivity index (χ4n) is 2.86. The number of nitrogens with zero attached hydrogens (tertiary/aromatic N) is 5. The number of anilines is 2. The van der Waals surface area contributed by atoms with E-state index in [4.69, 9.17) is 9.47 Å². The Morgan fingerprint density at radius 3 is 3.00 bits per heavy atom. The molecular weight excluding hydrogens is 416 g/mol. The molecule has 160 valence electrons. The summed E-state index contributed by atoms with van der Waals surface area (Å²) in [6.07, 6.45) is -1.34. The largest absolute Gasteiger partial charge is 0.466 e. The number of carbonyl (C=O) groups excluding carboxylic acids is 2. The topological polar surface area (TPSA) is 133 Å². The zero-order valence-electron chi connectivity index (χ0n) is 16.2. The van der Waals surface area contributed by atoms with Crippen molar-refractivity contribution in [2.75, 3.05) is 17.2 Å². The zero-order chi connectivity index (χ0) is 22.1. The van der Waals surface area contributed by atoms with Crippen molar-refractivity contribution in [2.24, 2.45) is 7.05 Å². The Kier molecular flexibility index (Phi) is 5.15. The van der Waals surface area contributed by atoms with Crippen LogP contribution >= 0.6 is 0 Å². The minimum Gasteiger partial charge on any atom is -0.466 e. The number of pyridine rings is 2. The van der Waals surface area contributed by atoms with Gasteiger partial charge in [0.2, 0.25) is 11.8 Å². The van der Waals surface area contributed by atoms with Crippen LogP contribution < -0.4 is 15.4 Å². The second-order valence-electron chi connectivity index (χ2n) is 6.50. The van der Waals surface area contributed by atoms with Crippen molar-refractivity contribution in [1.29, 1.82) is 0 Å². The number of hydrogen-bond donors (Lipinski definition) is 2. The Morgan fingerprint density at radius 2 is 2.19 bits per heavy atom. The van der Waals surface area contributed by atoms with Crippen LogP contribution in [0.25, 0.3) is 11.4 Å². The van der Waals surface area contributed by atoms with Crippen LogP contribution in [0, 0.1) is 11.8 Å². The Hall–Kier alpha value is -4.16. The molecule has 0 aliphatic carbocycles. The van der Waals surface area contributed by atoms with E-state index < -0.39 is 24.0 Å². The molecule has 0 aromatic carbocycles. The van der Waals surface area contributed by atoms with Gasteiger partial charge in [0, 0.05) is 18.7 Å². The van der Waals surface area contributed by atoms with E-state index >= 15 is 0 Å². The first-order valence-corrected chi connectivity index (χ1v) is 8.94. The summed E-state index contributed by atoms with van der Waals surface area (Å²) in [6, 6.07) is 3.99. The number of hydrogen-bond acceptors (Lipinski definition) is 8. The molecule has 1 unspecified atom stereocenters. The van der Waals surface area contributed by atoms with Gasteiger partial charge in [0.1, 0.15) is 17.6 Å². The van der Waals surface area contributed by atoms with E-state index in [9.17, 15) is 18.4 Å². The van der Waals surface area contributed by atoms with Gasteiger partial charge in [0.05, 0.1) is 11.9 Å². The van der Waals surface area contributed by atoms with Crippen molar-refractivity contribution in [2.45, 2.75) is 13.0 Å². The Balaban J connectivity index is 1.54. The lowest BCUT2D eigenvalue weighted by Crippen LogP contribution is -2.26. The molecule has 1 aliphatic rings. The highest BCUT2D eigenvalue weighted by Gasteiger charge is 2.23. The minimum atomic E-state index is -1.10. The summed E-state index contributed by atoms with van der Waals surface area (Å²) in [6.45, 7) is 1.21. The lowest BCUT2D eigenvalue weighted by Gasteiger charge is -2.17. The maximum Gasteiger partial charge on any atom is 0.413 e. The van der Waals surface area contributed by atoms with Crippen molar-refractivity contribution in [1.82, 2.24) is 25.0 Å². The molecule has 0 saturated heterocycles. The summed E-state index contributed by atoms with van der Waals surface area (Å²) in [4.78, 5) is 31.2. The number of rotatable bonds is 4. The molecule has 4 rings (SSSR count). The Labute approximate surface area is 173 Å². The zero-order valence-corrected chi connectivity index (χ0v) is 16.2. The second kappa shape index (κ2) is 7.93. The lowest BCUT2D eigenvalue weighted by molar-refractivity contribution is -0.118. The van der Waals surface area contributed by atoms with Gasteiger partial charge in [-0.15, -0.1) is 5.10 Å². The first-order chi connectivity index (χ1) is 14.8. The third-order valence-corrected chi connectivity index (χ3v) is 4.34. The molecule has 0 radical (unpaired) electrons. The molecule has 4 heterocycles. The monoisotopic (exact) mass is 431 g/mol.